The Morgan fingerprint density at radius 3 is 2.54 bits per heavy atom. The maximum absolute atomic E-state index is 13.5. The predicted molar refractivity (Wildman–Crippen MR) is 99.3 cm³/mol. The summed E-state index contributed by atoms with van der Waals surface area (Å²) in [6.45, 7) is -0.763. The van der Waals surface area contributed by atoms with Crippen molar-refractivity contribution in [1.82, 2.24) is 4.57 Å². The largest absolute Gasteiger partial charge is 0.465 e. The lowest BCUT2D eigenvalue weighted by molar-refractivity contribution is -0.147. The van der Waals surface area contributed by atoms with Gasteiger partial charge < -0.3 is 19.4 Å². The van der Waals surface area contributed by atoms with Gasteiger partial charge in [0, 0.05) is 17.1 Å². The van der Waals surface area contributed by atoms with Crippen LogP contribution < -0.4 is 5.32 Å². The van der Waals surface area contributed by atoms with Gasteiger partial charge in [-0.15, -0.1) is 0 Å². The molecule has 0 spiro atoms. The third-order valence-corrected chi connectivity index (χ3v) is 4.01. The van der Waals surface area contributed by atoms with Crippen LogP contribution in [0.2, 0.25) is 0 Å². The van der Waals surface area contributed by atoms with E-state index in [1.54, 1.807) is 34.9 Å². The Labute approximate surface area is 159 Å². The van der Waals surface area contributed by atoms with Crippen LogP contribution in [0, 0.1) is 5.82 Å². The van der Waals surface area contributed by atoms with Gasteiger partial charge in [0.1, 0.15) is 12.4 Å². The Balaban J connectivity index is 1.64. The van der Waals surface area contributed by atoms with Gasteiger partial charge in [-0.1, -0.05) is 30.3 Å². The van der Waals surface area contributed by atoms with E-state index in [1.807, 2.05) is 0 Å². The molecule has 1 heterocycles. The van der Waals surface area contributed by atoms with Gasteiger partial charge in [-0.2, -0.15) is 0 Å². The van der Waals surface area contributed by atoms with Crippen LogP contribution in [-0.4, -0.2) is 36.1 Å². The van der Waals surface area contributed by atoms with Gasteiger partial charge in [-0.25, -0.2) is 9.18 Å². The molecular weight excluding hydrogens is 367 g/mol. The number of fused-ring (bicyclic) bond motifs is 1. The second-order valence-corrected chi connectivity index (χ2v) is 5.87. The third-order valence-electron chi connectivity index (χ3n) is 4.01. The second-order valence-electron chi connectivity index (χ2n) is 5.87. The van der Waals surface area contributed by atoms with Crippen LogP contribution >= 0.6 is 0 Å². The highest BCUT2D eigenvalue weighted by Gasteiger charge is 2.17. The number of anilines is 1. The van der Waals surface area contributed by atoms with Gasteiger partial charge in [0.25, 0.3) is 5.91 Å². The molecule has 0 saturated heterocycles. The van der Waals surface area contributed by atoms with E-state index in [0.29, 0.717) is 16.5 Å². The molecule has 2 aromatic carbocycles. The van der Waals surface area contributed by atoms with Crippen molar-refractivity contribution in [3.05, 3.63) is 66.1 Å². The topological polar surface area (TPSA) is 86.6 Å². The first-order chi connectivity index (χ1) is 13.5. The number of carbonyl (C=O) groups excluding carboxylic acids is 3. The van der Waals surface area contributed by atoms with Crippen molar-refractivity contribution in [2.75, 3.05) is 19.0 Å². The Morgan fingerprint density at radius 1 is 1.07 bits per heavy atom. The smallest absolute Gasteiger partial charge is 0.340 e. The number of hydrogen-bond acceptors (Lipinski definition) is 5. The number of amides is 1. The molecule has 28 heavy (non-hydrogen) atoms. The quantitative estimate of drug-likeness (QED) is 0.661. The summed E-state index contributed by atoms with van der Waals surface area (Å²) in [7, 11) is 1.27. The number of halogens is 1. The molecule has 7 nitrogen and oxygen atoms in total. The van der Waals surface area contributed by atoms with Crippen molar-refractivity contribution in [2.24, 2.45) is 0 Å². The Kier molecular flexibility index (Phi) is 5.69. The van der Waals surface area contributed by atoms with E-state index in [9.17, 15) is 18.8 Å². The molecule has 0 fully saturated rings. The van der Waals surface area contributed by atoms with Crippen LogP contribution in [0.5, 0.6) is 0 Å². The van der Waals surface area contributed by atoms with E-state index >= 15 is 0 Å². The number of carbonyl (C=O) groups is 3. The lowest BCUT2D eigenvalue weighted by Gasteiger charge is -2.08. The summed E-state index contributed by atoms with van der Waals surface area (Å²) in [5.74, 6) is -2.45. The Morgan fingerprint density at radius 2 is 1.79 bits per heavy atom. The van der Waals surface area contributed by atoms with Crippen molar-refractivity contribution in [3.63, 3.8) is 0 Å². The Bertz CT molecular complexity index is 1040. The monoisotopic (exact) mass is 384 g/mol. The minimum atomic E-state index is -0.680. The van der Waals surface area contributed by atoms with Gasteiger partial charge in [-0.3, -0.25) is 9.59 Å². The van der Waals surface area contributed by atoms with Gasteiger partial charge in [0.2, 0.25) is 0 Å². The van der Waals surface area contributed by atoms with Crippen molar-refractivity contribution >= 4 is 34.4 Å². The number of benzene rings is 2. The van der Waals surface area contributed by atoms with E-state index in [1.165, 1.54) is 31.5 Å². The van der Waals surface area contributed by atoms with Crippen molar-refractivity contribution in [3.8, 4) is 0 Å². The molecule has 0 unspecified atom stereocenters. The molecule has 0 saturated carbocycles. The predicted octanol–water partition coefficient (Wildman–Crippen LogP) is 2.75. The van der Waals surface area contributed by atoms with Crippen LogP contribution in [0.25, 0.3) is 10.9 Å². The normalized spacial score (nSPS) is 10.5. The number of rotatable bonds is 6. The first-order valence-electron chi connectivity index (χ1n) is 8.36. The van der Waals surface area contributed by atoms with E-state index in [4.69, 9.17) is 9.47 Å². The molecular formula is C20H17FN2O5. The van der Waals surface area contributed by atoms with E-state index in [-0.39, 0.29) is 12.2 Å². The first-order valence-corrected chi connectivity index (χ1v) is 8.36. The molecule has 144 valence electrons. The average molecular weight is 384 g/mol. The molecule has 0 aliphatic rings. The Hall–Kier alpha value is -3.68. The summed E-state index contributed by atoms with van der Waals surface area (Å²) in [5, 5.41) is 2.96. The van der Waals surface area contributed by atoms with Gasteiger partial charge in [0.15, 0.2) is 6.61 Å². The lowest BCUT2D eigenvalue weighted by atomic mass is 10.2. The van der Waals surface area contributed by atoms with E-state index in [2.05, 4.69) is 5.32 Å². The molecule has 8 heteroatoms. The average Bonchev–Trinajstić information content (AvgIpc) is 3.06. The van der Waals surface area contributed by atoms with Crippen molar-refractivity contribution < 1.29 is 28.2 Å². The minimum Gasteiger partial charge on any atom is -0.465 e. The standard InChI is InChI=1S/C20H17FN2O5/c1-27-20(26)14-10-23(17-9-5-2-6-13(14)17)11-19(25)28-12-18(24)22-16-8-4-3-7-15(16)21/h2-10H,11-12H2,1H3,(H,22,24). The highest BCUT2D eigenvalue weighted by molar-refractivity contribution is 6.04. The SMILES string of the molecule is COC(=O)c1cn(CC(=O)OCC(=O)Nc2ccccc2F)c2ccccc12. The summed E-state index contributed by atoms with van der Waals surface area (Å²) in [6, 6.07) is 12.7. The maximum Gasteiger partial charge on any atom is 0.340 e. The van der Waals surface area contributed by atoms with Crippen molar-refractivity contribution in [2.45, 2.75) is 6.54 Å². The second kappa shape index (κ2) is 8.34. The summed E-state index contributed by atoms with van der Waals surface area (Å²) < 4.78 is 24.8. The zero-order valence-electron chi connectivity index (χ0n) is 15.0. The number of aromatic nitrogens is 1. The number of para-hydroxylation sites is 2. The molecule has 0 aliphatic heterocycles. The number of ether oxygens (including phenoxy) is 2. The summed E-state index contributed by atoms with van der Waals surface area (Å²) in [4.78, 5) is 35.9. The molecule has 1 N–H and O–H groups in total. The lowest BCUT2D eigenvalue weighted by Crippen LogP contribution is -2.23. The van der Waals surface area contributed by atoms with Crippen LogP contribution in [-0.2, 0) is 25.6 Å². The number of hydrogen-bond donors (Lipinski definition) is 1. The number of nitrogens with one attached hydrogen (secondary N) is 1. The van der Waals surface area contributed by atoms with E-state index < -0.39 is 30.3 Å². The molecule has 0 radical (unpaired) electrons. The summed E-state index contributed by atoms with van der Waals surface area (Å²) in [6.07, 6.45) is 1.50. The molecule has 0 atom stereocenters. The molecule has 3 aromatic rings. The summed E-state index contributed by atoms with van der Waals surface area (Å²) in [5.41, 5.74) is 0.974. The highest BCUT2D eigenvalue weighted by atomic mass is 19.1. The first kappa shape index (κ1) is 19.1. The highest BCUT2D eigenvalue weighted by Crippen LogP contribution is 2.22. The van der Waals surface area contributed by atoms with Crippen molar-refractivity contribution in [1.29, 1.82) is 0 Å². The summed E-state index contributed by atoms with van der Waals surface area (Å²) >= 11 is 0. The molecule has 1 aromatic heterocycles. The zero-order chi connectivity index (χ0) is 20.1. The van der Waals surface area contributed by atoms with Crippen LogP contribution in [0.15, 0.2) is 54.7 Å². The minimum absolute atomic E-state index is 0.00247. The zero-order valence-corrected chi connectivity index (χ0v) is 15.0. The van der Waals surface area contributed by atoms with Gasteiger partial charge >= 0.3 is 11.9 Å². The van der Waals surface area contributed by atoms with Crippen LogP contribution in [0.4, 0.5) is 10.1 Å². The molecule has 0 aliphatic carbocycles. The maximum atomic E-state index is 13.5. The fourth-order valence-electron chi connectivity index (χ4n) is 2.73. The fourth-order valence-corrected chi connectivity index (χ4v) is 2.73. The molecule has 1 amide bonds. The van der Waals surface area contributed by atoms with E-state index in [0.717, 1.165) is 0 Å². The molecule has 0 bridgehead atoms. The third kappa shape index (κ3) is 4.17. The molecule has 3 rings (SSSR count). The van der Waals surface area contributed by atoms with Gasteiger partial charge in [0.05, 0.1) is 18.4 Å². The van der Waals surface area contributed by atoms with Crippen LogP contribution in [0.3, 0.4) is 0 Å². The van der Waals surface area contributed by atoms with Crippen LogP contribution in [0.1, 0.15) is 10.4 Å². The fraction of sp³-hybridized carbons (Fsp3) is 0.150. The number of nitrogens with zero attached hydrogens (tertiary/aromatic N) is 1. The number of methoxy groups -OCH3 is 1. The number of esters is 2. The van der Waals surface area contributed by atoms with Gasteiger partial charge in [-0.05, 0) is 18.2 Å².